The molecule has 1 aromatic carbocycles. The SMILES string of the molecule is Cc1nn(C)c(C)c1NC(=O)c1ccc(COc2ccccc2Cl)o1. The number of benzene rings is 1. The van der Waals surface area contributed by atoms with Crippen molar-refractivity contribution in [1.29, 1.82) is 0 Å². The van der Waals surface area contributed by atoms with Crippen LogP contribution in [-0.2, 0) is 13.7 Å². The van der Waals surface area contributed by atoms with Crippen LogP contribution in [0.15, 0.2) is 40.8 Å². The number of ether oxygens (including phenoxy) is 1. The van der Waals surface area contributed by atoms with Crippen LogP contribution >= 0.6 is 11.6 Å². The summed E-state index contributed by atoms with van der Waals surface area (Å²) in [5.74, 6) is 0.974. The highest BCUT2D eigenvalue weighted by atomic mass is 35.5. The Balaban J connectivity index is 1.66. The molecule has 0 atom stereocenters. The summed E-state index contributed by atoms with van der Waals surface area (Å²) in [7, 11) is 1.83. The molecule has 0 aliphatic rings. The molecule has 0 saturated carbocycles. The van der Waals surface area contributed by atoms with Crippen LogP contribution in [0.3, 0.4) is 0 Å². The van der Waals surface area contributed by atoms with Gasteiger partial charge < -0.3 is 14.5 Å². The molecule has 2 aromatic heterocycles. The summed E-state index contributed by atoms with van der Waals surface area (Å²) in [6.07, 6.45) is 0. The number of rotatable bonds is 5. The van der Waals surface area contributed by atoms with E-state index in [0.717, 1.165) is 11.4 Å². The molecule has 3 aromatic rings. The van der Waals surface area contributed by atoms with Gasteiger partial charge in [-0.05, 0) is 38.1 Å². The lowest BCUT2D eigenvalue weighted by molar-refractivity contribution is 0.0992. The minimum atomic E-state index is -0.330. The number of nitrogens with one attached hydrogen (secondary N) is 1. The molecule has 0 bridgehead atoms. The first-order chi connectivity index (χ1) is 12.0. The van der Waals surface area contributed by atoms with Gasteiger partial charge in [0.2, 0.25) is 0 Å². The standard InChI is InChI=1S/C18H18ClN3O3/c1-11-17(12(2)22(3)21-11)20-18(23)16-9-8-13(25-16)10-24-15-7-5-4-6-14(15)19/h4-9H,10H2,1-3H3,(H,20,23). The Morgan fingerprint density at radius 3 is 2.72 bits per heavy atom. The first-order valence-electron chi connectivity index (χ1n) is 7.73. The first kappa shape index (κ1) is 17.1. The lowest BCUT2D eigenvalue weighted by atomic mass is 10.3. The van der Waals surface area contributed by atoms with E-state index in [2.05, 4.69) is 10.4 Å². The van der Waals surface area contributed by atoms with Crippen LogP contribution in [0.25, 0.3) is 0 Å². The number of furan rings is 1. The normalized spacial score (nSPS) is 10.7. The fraction of sp³-hybridized carbons (Fsp3) is 0.222. The number of para-hydroxylation sites is 1. The monoisotopic (exact) mass is 359 g/mol. The minimum absolute atomic E-state index is 0.183. The number of hydrogen-bond acceptors (Lipinski definition) is 4. The molecule has 25 heavy (non-hydrogen) atoms. The maximum atomic E-state index is 12.4. The van der Waals surface area contributed by atoms with Gasteiger partial charge in [-0.25, -0.2) is 0 Å². The Morgan fingerprint density at radius 2 is 2.04 bits per heavy atom. The van der Waals surface area contributed by atoms with E-state index < -0.39 is 0 Å². The first-order valence-corrected chi connectivity index (χ1v) is 8.11. The molecule has 0 fully saturated rings. The summed E-state index contributed by atoms with van der Waals surface area (Å²) < 4.78 is 12.9. The molecule has 0 unspecified atom stereocenters. The Bertz CT molecular complexity index is 914. The Morgan fingerprint density at radius 1 is 1.28 bits per heavy atom. The highest BCUT2D eigenvalue weighted by Crippen LogP contribution is 2.25. The van der Waals surface area contributed by atoms with E-state index in [4.69, 9.17) is 20.8 Å². The van der Waals surface area contributed by atoms with Gasteiger partial charge in [-0.2, -0.15) is 5.10 Å². The minimum Gasteiger partial charge on any atom is -0.484 e. The van der Waals surface area contributed by atoms with E-state index in [1.807, 2.05) is 33.0 Å². The number of amides is 1. The van der Waals surface area contributed by atoms with E-state index >= 15 is 0 Å². The van der Waals surface area contributed by atoms with Gasteiger partial charge >= 0.3 is 0 Å². The number of anilines is 1. The van der Waals surface area contributed by atoms with Crippen molar-refractivity contribution in [1.82, 2.24) is 9.78 Å². The molecule has 0 spiro atoms. The van der Waals surface area contributed by atoms with Crippen molar-refractivity contribution in [3.05, 3.63) is 64.3 Å². The smallest absolute Gasteiger partial charge is 0.291 e. The van der Waals surface area contributed by atoms with Gasteiger partial charge in [-0.15, -0.1) is 0 Å². The van der Waals surface area contributed by atoms with Crippen LogP contribution in [0.2, 0.25) is 5.02 Å². The van der Waals surface area contributed by atoms with Crippen molar-refractivity contribution in [2.24, 2.45) is 7.05 Å². The molecule has 6 nitrogen and oxygen atoms in total. The Kier molecular flexibility index (Phi) is 4.81. The fourth-order valence-electron chi connectivity index (χ4n) is 2.42. The van der Waals surface area contributed by atoms with Crippen LogP contribution in [-0.4, -0.2) is 15.7 Å². The molecule has 0 radical (unpaired) electrons. The van der Waals surface area contributed by atoms with Crippen LogP contribution in [0.5, 0.6) is 5.75 Å². The number of aromatic nitrogens is 2. The number of hydrogen-bond donors (Lipinski definition) is 1. The van der Waals surface area contributed by atoms with Gasteiger partial charge in [-0.3, -0.25) is 9.48 Å². The number of carbonyl (C=O) groups excluding carboxylic acids is 1. The van der Waals surface area contributed by atoms with E-state index in [1.165, 1.54) is 0 Å². The zero-order valence-electron chi connectivity index (χ0n) is 14.2. The molecule has 0 aliphatic heterocycles. The number of aryl methyl sites for hydroxylation is 2. The van der Waals surface area contributed by atoms with Crippen LogP contribution < -0.4 is 10.1 Å². The largest absolute Gasteiger partial charge is 0.484 e. The van der Waals surface area contributed by atoms with Crippen molar-refractivity contribution in [3.8, 4) is 5.75 Å². The molecule has 3 rings (SSSR count). The summed E-state index contributed by atoms with van der Waals surface area (Å²) in [5.41, 5.74) is 2.32. The molecule has 2 heterocycles. The summed E-state index contributed by atoms with van der Waals surface area (Å²) in [6, 6.07) is 10.5. The van der Waals surface area contributed by atoms with E-state index in [9.17, 15) is 4.79 Å². The van der Waals surface area contributed by atoms with Gasteiger partial charge in [0.15, 0.2) is 5.76 Å². The van der Waals surface area contributed by atoms with Crippen LogP contribution in [0.4, 0.5) is 5.69 Å². The quantitative estimate of drug-likeness (QED) is 0.744. The average molecular weight is 360 g/mol. The second-order valence-electron chi connectivity index (χ2n) is 5.61. The lowest BCUT2D eigenvalue weighted by Crippen LogP contribution is -2.12. The van der Waals surface area contributed by atoms with Crippen molar-refractivity contribution in [3.63, 3.8) is 0 Å². The van der Waals surface area contributed by atoms with Gasteiger partial charge in [0.25, 0.3) is 5.91 Å². The fourth-order valence-corrected chi connectivity index (χ4v) is 2.61. The lowest BCUT2D eigenvalue weighted by Gasteiger charge is -2.06. The molecular formula is C18H18ClN3O3. The van der Waals surface area contributed by atoms with Crippen molar-refractivity contribution < 1.29 is 13.9 Å². The maximum absolute atomic E-state index is 12.4. The molecule has 0 saturated heterocycles. The maximum Gasteiger partial charge on any atom is 0.291 e. The summed E-state index contributed by atoms with van der Waals surface area (Å²) in [6.45, 7) is 3.91. The van der Waals surface area contributed by atoms with E-state index in [0.29, 0.717) is 22.2 Å². The topological polar surface area (TPSA) is 69.3 Å². The molecule has 1 amide bonds. The third kappa shape index (κ3) is 3.69. The zero-order chi connectivity index (χ0) is 18.0. The summed E-state index contributed by atoms with van der Waals surface area (Å²) in [5, 5.41) is 7.63. The molecule has 1 N–H and O–H groups in total. The van der Waals surface area contributed by atoms with Gasteiger partial charge in [0, 0.05) is 7.05 Å². The van der Waals surface area contributed by atoms with Crippen LogP contribution in [0.1, 0.15) is 27.7 Å². The molecular weight excluding hydrogens is 342 g/mol. The summed E-state index contributed by atoms with van der Waals surface area (Å²) in [4.78, 5) is 12.4. The number of nitrogens with zero attached hydrogens (tertiary/aromatic N) is 2. The van der Waals surface area contributed by atoms with Crippen molar-refractivity contribution in [2.75, 3.05) is 5.32 Å². The number of halogens is 1. The molecule has 7 heteroatoms. The predicted octanol–water partition coefficient (Wildman–Crippen LogP) is 4.11. The molecule has 0 aliphatic carbocycles. The predicted molar refractivity (Wildman–Crippen MR) is 95.1 cm³/mol. The third-order valence-electron chi connectivity index (χ3n) is 3.84. The highest BCUT2D eigenvalue weighted by Gasteiger charge is 2.17. The van der Waals surface area contributed by atoms with Crippen LogP contribution in [0, 0.1) is 13.8 Å². The van der Waals surface area contributed by atoms with Crippen molar-refractivity contribution >= 4 is 23.2 Å². The second-order valence-corrected chi connectivity index (χ2v) is 6.02. The zero-order valence-corrected chi connectivity index (χ0v) is 14.9. The Hall–Kier alpha value is -2.73. The van der Waals surface area contributed by atoms with E-state index in [-0.39, 0.29) is 18.3 Å². The van der Waals surface area contributed by atoms with Gasteiger partial charge in [0.1, 0.15) is 18.1 Å². The number of carbonyl (C=O) groups is 1. The highest BCUT2D eigenvalue weighted by molar-refractivity contribution is 6.32. The average Bonchev–Trinajstić information content (AvgIpc) is 3.15. The molecule has 130 valence electrons. The summed E-state index contributed by atoms with van der Waals surface area (Å²) >= 11 is 6.04. The van der Waals surface area contributed by atoms with Gasteiger partial charge in [0.05, 0.1) is 22.1 Å². The van der Waals surface area contributed by atoms with Gasteiger partial charge in [-0.1, -0.05) is 23.7 Å². The van der Waals surface area contributed by atoms with Crippen molar-refractivity contribution in [2.45, 2.75) is 20.5 Å². The Labute approximate surface area is 150 Å². The third-order valence-corrected chi connectivity index (χ3v) is 4.15. The van der Waals surface area contributed by atoms with E-state index in [1.54, 1.807) is 28.9 Å². The second kappa shape index (κ2) is 7.03.